The highest BCUT2D eigenvalue weighted by atomic mass is 32.2. The number of rotatable bonds is 4. The molecule has 1 aromatic heterocycles. The molecule has 2 aromatic carbocycles. The van der Waals surface area contributed by atoms with Crippen molar-refractivity contribution in [2.24, 2.45) is 0 Å². The number of aromatic nitrogens is 2. The van der Waals surface area contributed by atoms with E-state index in [0.717, 1.165) is 30.1 Å². The van der Waals surface area contributed by atoms with Crippen molar-refractivity contribution >= 4 is 11.8 Å². The Hall–Kier alpha value is -2.27. The van der Waals surface area contributed by atoms with Crippen LogP contribution in [0, 0.1) is 6.92 Å². The van der Waals surface area contributed by atoms with Crippen molar-refractivity contribution in [3.05, 3.63) is 59.2 Å². The molecule has 0 atom stereocenters. The summed E-state index contributed by atoms with van der Waals surface area (Å²) in [6, 6.07) is 14.5. The first-order valence-electron chi connectivity index (χ1n) is 7.56. The van der Waals surface area contributed by atoms with Gasteiger partial charge in [-0.2, -0.15) is 0 Å². The molecule has 0 unspecified atom stereocenters. The minimum atomic E-state index is 0.562. The molecule has 5 heteroatoms. The van der Waals surface area contributed by atoms with Crippen molar-refractivity contribution < 1.29 is 9.15 Å². The molecule has 0 bridgehead atoms. The summed E-state index contributed by atoms with van der Waals surface area (Å²) in [6.45, 7) is 2.84. The summed E-state index contributed by atoms with van der Waals surface area (Å²) in [5.74, 6) is 2.34. The summed E-state index contributed by atoms with van der Waals surface area (Å²) >= 11 is 1.56. The van der Waals surface area contributed by atoms with Gasteiger partial charge in [0.1, 0.15) is 5.75 Å². The lowest BCUT2D eigenvalue weighted by molar-refractivity contribution is 0.357. The summed E-state index contributed by atoms with van der Waals surface area (Å²) in [7, 11) is 0. The van der Waals surface area contributed by atoms with Gasteiger partial charge in [0.15, 0.2) is 0 Å². The van der Waals surface area contributed by atoms with Gasteiger partial charge in [0, 0.05) is 17.7 Å². The van der Waals surface area contributed by atoms with Crippen LogP contribution in [0.25, 0.3) is 11.5 Å². The Balaban J connectivity index is 1.48. The van der Waals surface area contributed by atoms with Gasteiger partial charge in [0.25, 0.3) is 5.22 Å². The van der Waals surface area contributed by atoms with Crippen LogP contribution in [0.2, 0.25) is 0 Å². The number of fused-ring (bicyclic) bond motifs is 1. The van der Waals surface area contributed by atoms with Gasteiger partial charge in [-0.05, 0) is 36.2 Å². The van der Waals surface area contributed by atoms with Gasteiger partial charge in [-0.3, -0.25) is 0 Å². The second-order valence-electron chi connectivity index (χ2n) is 5.57. The second-order valence-corrected chi connectivity index (χ2v) is 6.50. The third-order valence-corrected chi connectivity index (χ3v) is 4.68. The maximum absolute atomic E-state index is 5.78. The van der Waals surface area contributed by atoms with Crippen LogP contribution in [-0.4, -0.2) is 16.8 Å². The molecule has 3 aromatic rings. The Labute approximate surface area is 138 Å². The Morgan fingerprint density at radius 1 is 1.13 bits per heavy atom. The maximum Gasteiger partial charge on any atom is 0.277 e. The normalized spacial score (nSPS) is 12.9. The van der Waals surface area contributed by atoms with Gasteiger partial charge < -0.3 is 9.15 Å². The minimum absolute atomic E-state index is 0.562. The molecule has 0 amide bonds. The van der Waals surface area contributed by atoms with Crippen LogP contribution < -0.4 is 4.74 Å². The molecule has 23 heavy (non-hydrogen) atoms. The lowest BCUT2D eigenvalue weighted by Crippen LogP contribution is -1.85. The molecule has 0 N–H and O–H groups in total. The fraction of sp³-hybridized carbons (Fsp3) is 0.222. The van der Waals surface area contributed by atoms with Crippen LogP contribution in [-0.2, 0) is 12.2 Å². The van der Waals surface area contributed by atoms with E-state index in [1.54, 1.807) is 11.8 Å². The molecule has 2 heterocycles. The molecule has 0 aliphatic carbocycles. The van der Waals surface area contributed by atoms with Gasteiger partial charge in [-0.1, -0.05) is 41.6 Å². The van der Waals surface area contributed by atoms with E-state index >= 15 is 0 Å². The van der Waals surface area contributed by atoms with E-state index < -0.39 is 0 Å². The number of ether oxygens (including phenoxy) is 1. The summed E-state index contributed by atoms with van der Waals surface area (Å²) in [5, 5.41) is 8.90. The molecule has 0 radical (unpaired) electrons. The Bertz CT molecular complexity index is 845. The van der Waals surface area contributed by atoms with Gasteiger partial charge in [-0.15, -0.1) is 10.2 Å². The molecule has 1 aliphatic rings. The molecule has 0 fully saturated rings. The fourth-order valence-electron chi connectivity index (χ4n) is 2.65. The second kappa shape index (κ2) is 6.08. The molecule has 116 valence electrons. The molecule has 4 nitrogen and oxygen atoms in total. The number of benzene rings is 2. The minimum Gasteiger partial charge on any atom is -0.493 e. The van der Waals surface area contributed by atoms with E-state index in [-0.39, 0.29) is 0 Å². The number of aryl methyl sites for hydroxylation is 1. The van der Waals surface area contributed by atoms with E-state index in [9.17, 15) is 0 Å². The van der Waals surface area contributed by atoms with Gasteiger partial charge in [-0.25, -0.2) is 0 Å². The average molecular weight is 324 g/mol. The van der Waals surface area contributed by atoms with E-state index in [2.05, 4.69) is 47.5 Å². The quantitative estimate of drug-likeness (QED) is 0.671. The van der Waals surface area contributed by atoms with E-state index in [0.29, 0.717) is 11.1 Å². The standard InChI is InChI=1S/C18H16N2O2S/c1-12-3-2-4-13(9-12)11-23-18-20-19-17(22-18)15-5-6-16-14(10-15)7-8-21-16/h2-6,9-10H,7-8,11H2,1H3. The summed E-state index contributed by atoms with van der Waals surface area (Å²) in [5.41, 5.74) is 4.66. The number of thioether (sulfide) groups is 1. The van der Waals surface area contributed by atoms with Crippen LogP contribution in [0.4, 0.5) is 0 Å². The fourth-order valence-corrected chi connectivity index (χ4v) is 3.36. The maximum atomic E-state index is 5.78. The van der Waals surface area contributed by atoms with Crippen LogP contribution in [0.1, 0.15) is 16.7 Å². The Kier molecular flexibility index (Phi) is 3.79. The van der Waals surface area contributed by atoms with Gasteiger partial charge >= 0.3 is 0 Å². The summed E-state index contributed by atoms with van der Waals surface area (Å²) < 4.78 is 11.3. The zero-order valence-corrected chi connectivity index (χ0v) is 13.6. The first-order chi connectivity index (χ1) is 11.3. The van der Waals surface area contributed by atoms with Gasteiger partial charge in [0.2, 0.25) is 5.89 Å². The van der Waals surface area contributed by atoms with E-state index in [1.165, 1.54) is 16.7 Å². The highest BCUT2D eigenvalue weighted by Crippen LogP contribution is 2.31. The number of hydrogen-bond acceptors (Lipinski definition) is 5. The highest BCUT2D eigenvalue weighted by molar-refractivity contribution is 7.98. The van der Waals surface area contributed by atoms with Crippen LogP contribution in [0.3, 0.4) is 0 Å². The van der Waals surface area contributed by atoms with Crippen molar-refractivity contribution in [1.82, 2.24) is 10.2 Å². The summed E-state index contributed by atoms with van der Waals surface area (Å²) in [4.78, 5) is 0. The van der Waals surface area contributed by atoms with Crippen molar-refractivity contribution in [2.45, 2.75) is 24.3 Å². The number of hydrogen-bond donors (Lipinski definition) is 0. The topological polar surface area (TPSA) is 48.2 Å². The lowest BCUT2D eigenvalue weighted by Gasteiger charge is -2.00. The van der Waals surface area contributed by atoms with E-state index in [1.807, 2.05) is 12.1 Å². The predicted octanol–water partition coefficient (Wildman–Crippen LogP) is 4.27. The lowest BCUT2D eigenvalue weighted by atomic mass is 10.1. The first kappa shape index (κ1) is 14.3. The number of nitrogens with zero attached hydrogens (tertiary/aromatic N) is 2. The van der Waals surface area contributed by atoms with Crippen molar-refractivity contribution in [1.29, 1.82) is 0 Å². The SMILES string of the molecule is Cc1cccc(CSc2nnc(-c3ccc4c(c3)CCO4)o2)c1. The largest absolute Gasteiger partial charge is 0.493 e. The zero-order valence-electron chi connectivity index (χ0n) is 12.8. The average Bonchev–Trinajstić information content (AvgIpc) is 3.21. The van der Waals surface area contributed by atoms with Crippen LogP contribution in [0.15, 0.2) is 52.1 Å². The Morgan fingerprint density at radius 2 is 2.09 bits per heavy atom. The molecule has 0 saturated heterocycles. The molecule has 4 rings (SSSR count). The molecule has 0 spiro atoms. The molecular formula is C18H16N2O2S. The smallest absolute Gasteiger partial charge is 0.277 e. The van der Waals surface area contributed by atoms with Crippen LogP contribution in [0.5, 0.6) is 5.75 Å². The van der Waals surface area contributed by atoms with Crippen LogP contribution >= 0.6 is 11.8 Å². The van der Waals surface area contributed by atoms with Crippen molar-refractivity contribution in [3.63, 3.8) is 0 Å². The Morgan fingerprint density at radius 3 is 3.00 bits per heavy atom. The highest BCUT2D eigenvalue weighted by Gasteiger charge is 2.15. The molecule has 1 aliphatic heterocycles. The predicted molar refractivity (Wildman–Crippen MR) is 89.7 cm³/mol. The van der Waals surface area contributed by atoms with Crippen molar-refractivity contribution in [2.75, 3.05) is 6.61 Å². The molecular weight excluding hydrogens is 308 g/mol. The van der Waals surface area contributed by atoms with E-state index in [4.69, 9.17) is 9.15 Å². The first-order valence-corrected chi connectivity index (χ1v) is 8.54. The van der Waals surface area contributed by atoms with Gasteiger partial charge in [0.05, 0.1) is 6.61 Å². The molecule has 0 saturated carbocycles. The third kappa shape index (κ3) is 3.10. The van der Waals surface area contributed by atoms with Crippen molar-refractivity contribution in [3.8, 4) is 17.2 Å². The zero-order chi connectivity index (χ0) is 15.6. The summed E-state index contributed by atoms with van der Waals surface area (Å²) in [6.07, 6.45) is 0.937. The monoisotopic (exact) mass is 324 g/mol. The third-order valence-electron chi connectivity index (χ3n) is 3.79.